The van der Waals surface area contributed by atoms with Crippen molar-refractivity contribution in [2.45, 2.75) is 19.5 Å². The fraction of sp³-hybridized carbons (Fsp3) is 0.176. The predicted octanol–water partition coefficient (Wildman–Crippen LogP) is 4.67. The normalized spacial score (nSPS) is 12.7. The van der Waals surface area contributed by atoms with Crippen molar-refractivity contribution in [1.82, 2.24) is 10.3 Å². The lowest BCUT2D eigenvalue weighted by Gasteiger charge is -2.14. The Balaban J connectivity index is 1.71. The van der Waals surface area contributed by atoms with Crippen LogP contribution in [0.3, 0.4) is 0 Å². The first-order valence-electron chi connectivity index (χ1n) is 6.78. The predicted molar refractivity (Wildman–Crippen MR) is 85.0 cm³/mol. The molecule has 1 heterocycles. The van der Waals surface area contributed by atoms with Gasteiger partial charge in [-0.2, -0.15) is 0 Å². The lowest BCUT2D eigenvalue weighted by molar-refractivity contribution is 0.576. The molecule has 0 amide bonds. The van der Waals surface area contributed by atoms with E-state index in [1.165, 1.54) is 22.0 Å². The Morgan fingerprint density at radius 3 is 2.65 bits per heavy atom. The van der Waals surface area contributed by atoms with E-state index in [9.17, 15) is 0 Å². The molecule has 0 radical (unpaired) electrons. The Labute approximate surface area is 123 Å². The average molecular weight is 285 g/mol. The SMILES string of the molecule is C[C@H](NCc1c[nH]c2ccccc12)c1ccc(Cl)cc1. The quantitative estimate of drug-likeness (QED) is 0.716. The molecule has 3 rings (SSSR count). The zero-order valence-corrected chi connectivity index (χ0v) is 12.1. The number of hydrogen-bond acceptors (Lipinski definition) is 1. The number of fused-ring (bicyclic) bond motifs is 1. The van der Waals surface area contributed by atoms with Gasteiger partial charge in [-0.05, 0) is 36.2 Å². The zero-order valence-electron chi connectivity index (χ0n) is 11.4. The van der Waals surface area contributed by atoms with Gasteiger partial charge in [-0.1, -0.05) is 41.9 Å². The van der Waals surface area contributed by atoms with Crippen LogP contribution >= 0.6 is 11.6 Å². The van der Waals surface area contributed by atoms with Gasteiger partial charge in [-0.3, -0.25) is 0 Å². The Morgan fingerprint density at radius 1 is 1.10 bits per heavy atom. The summed E-state index contributed by atoms with van der Waals surface area (Å²) in [5.74, 6) is 0. The summed E-state index contributed by atoms with van der Waals surface area (Å²) in [6.45, 7) is 3.01. The summed E-state index contributed by atoms with van der Waals surface area (Å²) in [6.07, 6.45) is 2.08. The number of H-pyrrole nitrogens is 1. The van der Waals surface area contributed by atoms with Gasteiger partial charge >= 0.3 is 0 Å². The lowest BCUT2D eigenvalue weighted by Crippen LogP contribution is -2.17. The van der Waals surface area contributed by atoms with Crippen LogP contribution in [-0.2, 0) is 6.54 Å². The van der Waals surface area contributed by atoms with Gasteiger partial charge in [0.25, 0.3) is 0 Å². The highest BCUT2D eigenvalue weighted by Crippen LogP contribution is 2.20. The number of para-hydroxylation sites is 1. The number of hydrogen-bond donors (Lipinski definition) is 2. The van der Waals surface area contributed by atoms with Crippen LogP contribution in [-0.4, -0.2) is 4.98 Å². The summed E-state index contributed by atoms with van der Waals surface area (Å²) in [4.78, 5) is 3.30. The molecular weight excluding hydrogens is 268 g/mol. The summed E-state index contributed by atoms with van der Waals surface area (Å²) < 4.78 is 0. The van der Waals surface area contributed by atoms with Gasteiger partial charge in [0.05, 0.1) is 0 Å². The van der Waals surface area contributed by atoms with E-state index in [-0.39, 0.29) is 0 Å². The van der Waals surface area contributed by atoms with Crippen LogP contribution < -0.4 is 5.32 Å². The maximum Gasteiger partial charge on any atom is 0.0457 e. The minimum Gasteiger partial charge on any atom is -0.361 e. The number of benzene rings is 2. The van der Waals surface area contributed by atoms with Crippen LogP contribution in [0.1, 0.15) is 24.1 Å². The molecule has 3 aromatic rings. The molecular formula is C17H17ClN2. The summed E-state index contributed by atoms with van der Waals surface area (Å²) in [5, 5.41) is 5.61. The molecule has 0 aliphatic rings. The molecule has 0 saturated heterocycles. The zero-order chi connectivity index (χ0) is 13.9. The second kappa shape index (κ2) is 5.70. The second-order valence-corrected chi connectivity index (χ2v) is 5.45. The van der Waals surface area contributed by atoms with Crippen molar-refractivity contribution < 1.29 is 0 Å². The average Bonchev–Trinajstić information content (AvgIpc) is 2.89. The maximum atomic E-state index is 5.92. The molecule has 2 aromatic carbocycles. The van der Waals surface area contributed by atoms with Gasteiger partial charge in [-0.15, -0.1) is 0 Å². The molecule has 0 unspecified atom stereocenters. The molecule has 0 aliphatic heterocycles. The summed E-state index contributed by atoms with van der Waals surface area (Å²) in [7, 11) is 0. The van der Waals surface area contributed by atoms with E-state index >= 15 is 0 Å². The number of halogens is 1. The van der Waals surface area contributed by atoms with E-state index in [4.69, 9.17) is 11.6 Å². The van der Waals surface area contributed by atoms with E-state index in [2.05, 4.69) is 53.8 Å². The molecule has 0 bridgehead atoms. The van der Waals surface area contributed by atoms with Crippen molar-refractivity contribution in [1.29, 1.82) is 0 Å². The summed E-state index contributed by atoms with van der Waals surface area (Å²) >= 11 is 5.92. The number of rotatable bonds is 4. The van der Waals surface area contributed by atoms with Crippen LogP contribution in [0.25, 0.3) is 10.9 Å². The Morgan fingerprint density at radius 2 is 1.85 bits per heavy atom. The standard InChI is InChI=1S/C17H17ClN2/c1-12(13-6-8-15(18)9-7-13)19-10-14-11-20-17-5-3-2-4-16(14)17/h2-9,11-12,19-20H,10H2,1H3/t12-/m0/s1. The van der Waals surface area contributed by atoms with E-state index in [1.54, 1.807) is 0 Å². The van der Waals surface area contributed by atoms with Crippen LogP contribution in [0, 0.1) is 0 Å². The third-order valence-corrected chi connectivity index (χ3v) is 3.90. The molecule has 2 N–H and O–H groups in total. The van der Waals surface area contributed by atoms with Crippen molar-refractivity contribution in [3.63, 3.8) is 0 Å². The second-order valence-electron chi connectivity index (χ2n) is 5.01. The lowest BCUT2D eigenvalue weighted by atomic mass is 10.1. The Hall–Kier alpha value is -1.77. The van der Waals surface area contributed by atoms with E-state index in [1.807, 2.05) is 18.2 Å². The molecule has 2 nitrogen and oxygen atoms in total. The number of aromatic nitrogens is 1. The molecule has 1 atom stereocenters. The van der Waals surface area contributed by atoms with Gasteiger partial charge in [0.15, 0.2) is 0 Å². The largest absolute Gasteiger partial charge is 0.361 e. The molecule has 0 saturated carbocycles. The molecule has 102 valence electrons. The Bertz CT molecular complexity index is 700. The minimum absolute atomic E-state index is 0.293. The maximum absolute atomic E-state index is 5.92. The van der Waals surface area contributed by atoms with Crippen LogP contribution in [0.2, 0.25) is 5.02 Å². The van der Waals surface area contributed by atoms with Gasteiger partial charge in [-0.25, -0.2) is 0 Å². The Kier molecular flexibility index (Phi) is 3.77. The van der Waals surface area contributed by atoms with Crippen LogP contribution in [0.4, 0.5) is 0 Å². The number of aromatic amines is 1. The first-order chi connectivity index (χ1) is 9.74. The summed E-state index contributed by atoms with van der Waals surface area (Å²) in [6, 6.07) is 16.7. The summed E-state index contributed by atoms with van der Waals surface area (Å²) in [5.41, 5.74) is 3.72. The third kappa shape index (κ3) is 2.72. The van der Waals surface area contributed by atoms with Gasteiger partial charge in [0.1, 0.15) is 0 Å². The van der Waals surface area contributed by atoms with Crippen LogP contribution in [0.15, 0.2) is 54.7 Å². The smallest absolute Gasteiger partial charge is 0.0457 e. The highest BCUT2D eigenvalue weighted by molar-refractivity contribution is 6.30. The van der Waals surface area contributed by atoms with Gasteiger partial charge in [0.2, 0.25) is 0 Å². The molecule has 20 heavy (non-hydrogen) atoms. The van der Waals surface area contributed by atoms with Crippen molar-refractivity contribution in [2.24, 2.45) is 0 Å². The molecule has 3 heteroatoms. The fourth-order valence-corrected chi connectivity index (χ4v) is 2.54. The van der Waals surface area contributed by atoms with Crippen molar-refractivity contribution in [2.75, 3.05) is 0 Å². The monoisotopic (exact) mass is 284 g/mol. The first-order valence-corrected chi connectivity index (χ1v) is 7.15. The minimum atomic E-state index is 0.293. The van der Waals surface area contributed by atoms with E-state index in [0.717, 1.165) is 11.6 Å². The first kappa shape index (κ1) is 13.2. The highest BCUT2D eigenvalue weighted by Gasteiger charge is 2.07. The number of nitrogens with one attached hydrogen (secondary N) is 2. The molecule has 1 aromatic heterocycles. The molecule has 0 fully saturated rings. The van der Waals surface area contributed by atoms with E-state index in [0.29, 0.717) is 6.04 Å². The van der Waals surface area contributed by atoms with Crippen molar-refractivity contribution >= 4 is 22.5 Å². The third-order valence-electron chi connectivity index (χ3n) is 3.64. The molecule has 0 spiro atoms. The van der Waals surface area contributed by atoms with Crippen LogP contribution in [0.5, 0.6) is 0 Å². The van der Waals surface area contributed by atoms with E-state index < -0.39 is 0 Å². The van der Waals surface area contributed by atoms with Gasteiger partial charge in [0, 0.05) is 34.7 Å². The fourth-order valence-electron chi connectivity index (χ4n) is 2.41. The van der Waals surface area contributed by atoms with Crippen molar-refractivity contribution in [3.8, 4) is 0 Å². The molecule has 0 aliphatic carbocycles. The van der Waals surface area contributed by atoms with Crippen molar-refractivity contribution in [3.05, 3.63) is 70.9 Å². The topological polar surface area (TPSA) is 27.8 Å². The van der Waals surface area contributed by atoms with Gasteiger partial charge < -0.3 is 10.3 Å². The highest BCUT2D eigenvalue weighted by atomic mass is 35.5.